The van der Waals surface area contributed by atoms with E-state index in [2.05, 4.69) is 30.4 Å². The summed E-state index contributed by atoms with van der Waals surface area (Å²) in [6.07, 6.45) is 4.76. The molecule has 2 amide bonds. The van der Waals surface area contributed by atoms with Crippen molar-refractivity contribution in [3.8, 4) is 23.0 Å². The standard InChI is InChI=1S/C33H29F2N11O3/c1-36-31(47)30-41-24-6-3-5-20-23-9-10-37-33(42-23)49-19-14-26(32(48)43(2)11-4-12-44(30)27(20)24)45(16-19)28-21-15-40-46(29(21)39-17-38-28)25-8-7-18(34)13-22(25)35/h3,5-10,13,15,17,19,26H,4,11-12,14,16H2,1-2H3,(H,36,47)/t19-,26-/m0/s1. The number of hydrogen-bond acceptors (Lipinski definition) is 10. The zero-order valence-electron chi connectivity index (χ0n) is 26.4. The van der Waals surface area contributed by atoms with Gasteiger partial charge in [0.1, 0.15) is 35.8 Å². The van der Waals surface area contributed by atoms with Crippen LogP contribution in [0.1, 0.15) is 23.5 Å². The van der Waals surface area contributed by atoms with Gasteiger partial charge in [0.2, 0.25) is 5.91 Å². The van der Waals surface area contributed by atoms with Gasteiger partial charge in [0, 0.05) is 51.4 Å². The minimum absolute atomic E-state index is 0.0193. The molecule has 2 atom stereocenters. The van der Waals surface area contributed by atoms with Gasteiger partial charge in [-0.2, -0.15) is 10.1 Å². The smallest absolute Gasteiger partial charge is 0.317 e. The molecule has 1 saturated heterocycles. The number of fused-ring (bicyclic) bond motifs is 6. The van der Waals surface area contributed by atoms with E-state index in [1.165, 1.54) is 23.3 Å². The number of rotatable bonds is 3. The zero-order chi connectivity index (χ0) is 33.8. The fourth-order valence-corrected chi connectivity index (χ4v) is 6.66. The van der Waals surface area contributed by atoms with E-state index < -0.39 is 23.8 Å². The SMILES string of the molecule is CNC(=O)c1nc2cccc3c2n1CCCN(C)C(=O)[C@@H]1C[C@@H](CN1c1ncnc2c1cnn2-c1ccc(F)cc1F)Oc1nccc-3n1. The summed E-state index contributed by atoms with van der Waals surface area (Å²) < 4.78 is 37.9. The molecule has 2 aliphatic rings. The first-order valence-electron chi connectivity index (χ1n) is 15.7. The van der Waals surface area contributed by atoms with Crippen molar-refractivity contribution in [2.75, 3.05) is 32.1 Å². The van der Waals surface area contributed by atoms with Gasteiger partial charge in [0.05, 0.1) is 34.9 Å². The number of carbonyl (C=O) groups excluding carboxylic acids is 2. The van der Waals surface area contributed by atoms with Gasteiger partial charge in [-0.1, -0.05) is 12.1 Å². The molecule has 2 aliphatic heterocycles. The maximum Gasteiger partial charge on any atom is 0.317 e. The summed E-state index contributed by atoms with van der Waals surface area (Å²) in [5, 5.41) is 7.49. The van der Waals surface area contributed by atoms with E-state index >= 15 is 0 Å². The van der Waals surface area contributed by atoms with Crippen LogP contribution in [0.4, 0.5) is 14.6 Å². The Balaban J connectivity index is 1.20. The van der Waals surface area contributed by atoms with Crippen molar-refractivity contribution in [1.29, 1.82) is 0 Å². The molecule has 0 aliphatic carbocycles. The summed E-state index contributed by atoms with van der Waals surface area (Å²) in [7, 11) is 3.29. The number of amides is 2. The van der Waals surface area contributed by atoms with Crippen molar-refractivity contribution in [3.05, 3.63) is 78.6 Å². The van der Waals surface area contributed by atoms with E-state index in [9.17, 15) is 18.4 Å². The second-order valence-electron chi connectivity index (χ2n) is 11.9. The minimum atomic E-state index is -0.800. The third-order valence-corrected chi connectivity index (χ3v) is 8.93. The Morgan fingerprint density at radius 3 is 2.78 bits per heavy atom. The Morgan fingerprint density at radius 1 is 1.06 bits per heavy atom. The number of nitrogens with zero attached hydrogens (tertiary/aromatic N) is 10. The predicted octanol–water partition coefficient (Wildman–Crippen LogP) is 3.15. The summed E-state index contributed by atoms with van der Waals surface area (Å²) in [4.78, 5) is 53.2. The van der Waals surface area contributed by atoms with E-state index in [-0.39, 0.29) is 41.5 Å². The molecule has 248 valence electrons. The molecule has 8 rings (SSSR count). The molecule has 6 aromatic rings. The molecule has 0 spiro atoms. The number of carbonyl (C=O) groups is 2. The molecule has 1 fully saturated rings. The molecular formula is C33H29F2N11O3. The average Bonchev–Trinajstić information content (AvgIpc) is 3.83. The second kappa shape index (κ2) is 11.9. The number of nitrogens with one attached hydrogen (secondary N) is 1. The van der Waals surface area contributed by atoms with Crippen molar-refractivity contribution in [2.45, 2.75) is 31.5 Å². The molecular weight excluding hydrogens is 636 g/mol. The monoisotopic (exact) mass is 665 g/mol. The van der Waals surface area contributed by atoms with Gasteiger partial charge >= 0.3 is 6.01 Å². The summed E-state index contributed by atoms with van der Waals surface area (Å²) in [5.41, 5.74) is 3.04. The van der Waals surface area contributed by atoms with Crippen LogP contribution in [0, 0.1) is 11.6 Å². The number of benzene rings is 2. The normalized spacial score (nSPS) is 18.0. The van der Waals surface area contributed by atoms with Crippen molar-refractivity contribution in [3.63, 3.8) is 0 Å². The Morgan fingerprint density at radius 2 is 1.94 bits per heavy atom. The van der Waals surface area contributed by atoms with Crippen molar-refractivity contribution >= 4 is 39.7 Å². The van der Waals surface area contributed by atoms with Crippen molar-refractivity contribution in [1.82, 2.24) is 49.5 Å². The van der Waals surface area contributed by atoms with Crippen molar-refractivity contribution < 1.29 is 23.1 Å². The minimum Gasteiger partial charge on any atom is -0.458 e. The summed E-state index contributed by atoms with van der Waals surface area (Å²) in [6, 6.07) is 10.0. The number of halogens is 2. The predicted molar refractivity (Wildman–Crippen MR) is 173 cm³/mol. The second-order valence-corrected chi connectivity index (χ2v) is 11.9. The first kappa shape index (κ1) is 30.3. The molecule has 0 unspecified atom stereocenters. The van der Waals surface area contributed by atoms with E-state index in [0.29, 0.717) is 48.3 Å². The van der Waals surface area contributed by atoms with Gasteiger partial charge in [-0.25, -0.2) is 33.4 Å². The number of aryl methyl sites for hydroxylation is 1. The van der Waals surface area contributed by atoms with Crippen LogP contribution in [0.3, 0.4) is 0 Å². The quantitative estimate of drug-likeness (QED) is 0.299. The molecule has 16 heteroatoms. The maximum absolute atomic E-state index is 14.8. The van der Waals surface area contributed by atoms with Gasteiger partial charge in [-0.3, -0.25) is 9.59 Å². The Labute approximate surface area is 277 Å². The number of likely N-dealkylation sites (N-methyl/N-ethyl adjacent to an activating group) is 1. The van der Waals surface area contributed by atoms with Crippen LogP contribution in [0.5, 0.6) is 6.01 Å². The summed E-state index contributed by atoms with van der Waals surface area (Å²) in [5.74, 6) is -1.33. The number of hydrogen-bond donors (Lipinski definition) is 1. The van der Waals surface area contributed by atoms with E-state index in [0.717, 1.165) is 23.2 Å². The zero-order valence-corrected chi connectivity index (χ0v) is 26.4. The van der Waals surface area contributed by atoms with Gasteiger partial charge in [-0.05, 0) is 30.7 Å². The molecule has 0 radical (unpaired) electrons. The van der Waals surface area contributed by atoms with E-state index in [1.807, 2.05) is 27.7 Å². The molecule has 6 heterocycles. The van der Waals surface area contributed by atoms with Crippen LogP contribution in [0.2, 0.25) is 0 Å². The first-order chi connectivity index (χ1) is 23.8. The molecule has 14 nitrogen and oxygen atoms in total. The summed E-state index contributed by atoms with van der Waals surface area (Å²) in [6.45, 7) is 1.06. The third-order valence-electron chi connectivity index (χ3n) is 8.93. The van der Waals surface area contributed by atoms with Crippen LogP contribution in [0.15, 0.2) is 61.2 Å². The Hall–Kier alpha value is -6.06. The average molecular weight is 666 g/mol. The number of aromatic nitrogens is 8. The Kier molecular flexibility index (Phi) is 7.34. The number of ether oxygens (including phenoxy) is 1. The molecule has 49 heavy (non-hydrogen) atoms. The van der Waals surface area contributed by atoms with Crippen LogP contribution in [-0.2, 0) is 11.3 Å². The van der Waals surface area contributed by atoms with E-state index in [4.69, 9.17) is 9.72 Å². The first-order valence-corrected chi connectivity index (χ1v) is 15.7. The fourth-order valence-electron chi connectivity index (χ4n) is 6.66. The molecule has 2 aromatic carbocycles. The van der Waals surface area contributed by atoms with Gasteiger partial charge in [0.15, 0.2) is 17.3 Å². The van der Waals surface area contributed by atoms with E-state index in [1.54, 1.807) is 31.3 Å². The van der Waals surface area contributed by atoms with Crippen LogP contribution in [0.25, 0.3) is 39.0 Å². The highest BCUT2D eigenvalue weighted by Crippen LogP contribution is 2.34. The van der Waals surface area contributed by atoms with Crippen LogP contribution in [-0.4, -0.2) is 95.3 Å². The highest BCUT2D eigenvalue weighted by atomic mass is 19.1. The number of para-hydroxylation sites is 1. The molecule has 1 N–H and O–H groups in total. The van der Waals surface area contributed by atoms with Gasteiger partial charge < -0.3 is 24.4 Å². The van der Waals surface area contributed by atoms with Gasteiger partial charge in [-0.15, -0.1) is 0 Å². The van der Waals surface area contributed by atoms with Crippen molar-refractivity contribution in [2.24, 2.45) is 0 Å². The van der Waals surface area contributed by atoms with Crippen LogP contribution < -0.4 is 15.0 Å². The third kappa shape index (κ3) is 5.15. The number of imidazole rings is 1. The molecule has 4 aromatic heterocycles. The molecule has 0 saturated carbocycles. The largest absolute Gasteiger partial charge is 0.458 e. The Bertz CT molecular complexity index is 2270. The topological polar surface area (TPSA) is 149 Å². The fraction of sp³-hybridized carbons (Fsp3) is 0.273. The van der Waals surface area contributed by atoms with Crippen LogP contribution >= 0.6 is 0 Å². The highest BCUT2D eigenvalue weighted by Gasteiger charge is 2.41. The summed E-state index contributed by atoms with van der Waals surface area (Å²) >= 11 is 0. The lowest BCUT2D eigenvalue weighted by atomic mass is 10.1. The highest BCUT2D eigenvalue weighted by molar-refractivity contribution is 5.99. The lowest BCUT2D eigenvalue weighted by Crippen LogP contribution is -2.45. The van der Waals surface area contributed by atoms with Gasteiger partial charge in [0.25, 0.3) is 5.91 Å². The number of anilines is 1. The molecule has 4 bridgehead atoms. The lowest BCUT2D eigenvalue weighted by Gasteiger charge is -2.28. The lowest BCUT2D eigenvalue weighted by molar-refractivity contribution is -0.131. The maximum atomic E-state index is 14.8.